The van der Waals surface area contributed by atoms with Crippen LogP contribution >= 0.6 is 0 Å². The van der Waals surface area contributed by atoms with Crippen LogP contribution in [0.1, 0.15) is 23.5 Å². The maximum absolute atomic E-state index is 12.6. The molecule has 1 unspecified atom stereocenters. The van der Waals surface area contributed by atoms with E-state index in [9.17, 15) is 9.90 Å². The molecule has 1 aliphatic rings. The first-order valence-electron chi connectivity index (χ1n) is 7.63. The van der Waals surface area contributed by atoms with E-state index in [-0.39, 0.29) is 17.5 Å². The van der Waals surface area contributed by atoms with Gasteiger partial charge in [-0.1, -0.05) is 72.8 Å². The van der Waals surface area contributed by atoms with Crippen molar-refractivity contribution in [2.45, 2.75) is 12.3 Å². The number of benzene rings is 2. The van der Waals surface area contributed by atoms with Crippen molar-refractivity contribution in [2.75, 3.05) is 0 Å². The molecular weight excluding hydrogens is 284 g/mol. The van der Waals surface area contributed by atoms with Gasteiger partial charge in [-0.15, -0.1) is 6.58 Å². The standard InChI is InChI=1S/C21H18O2/c1-2-3-14-17-18(15-10-6-4-7-11-15)19(21(23)20(17)22)16-12-8-5-9-13-16/h2,4-14,18,23H,1,3H2/b17-14-. The molecule has 0 aromatic heterocycles. The fraction of sp³-hybridized carbons (Fsp3) is 0.0952. The number of hydrogen-bond donors (Lipinski definition) is 1. The molecule has 1 aliphatic carbocycles. The largest absolute Gasteiger partial charge is 0.504 e. The van der Waals surface area contributed by atoms with Crippen LogP contribution in [0.3, 0.4) is 0 Å². The number of allylic oxidation sites excluding steroid dienone is 4. The highest BCUT2D eigenvalue weighted by Gasteiger charge is 2.38. The molecule has 23 heavy (non-hydrogen) atoms. The van der Waals surface area contributed by atoms with Crippen LogP contribution in [0.5, 0.6) is 0 Å². The zero-order valence-corrected chi connectivity index (χ0v) is 12.8. The average Bonchev–Trinajstić information content (AvgIpc) is 2.86. The molecular formula is C21H18O2. The predicted octanol–water partition coefficient (Wildman–Crippen LogP) is 4.82. The van der Waals surface area contributed by atoms with Gasteiger partial charge in [-0.05, 0) is 17.5 Å². The van der Waals surface area contributed by atoms with E-state index in [1.807, 2.05) is 66.7 Å². The van der Waals surface area contributed by atoms with Crippen molar-refractivity contribution in [3.05, 3.63) is 102 Å². The van der Waals surface area contributed by atoms with Crippen molar-refractivity contribution in [2.24, 2.45) is 0 Å². The lowest BCUT2D eigenvalue weighted by atomic mass is 9.85. The molecule has 0 saturated heterocycles. The maximum Gasteiger partial charge on any atom is 0.224 e. The summed E-state index contributed by atoms with van der Waals surface area (Å²) in [5.41, 5.74) is 3.16. The molecule has 2 nitrogen and oxygen atoms in total. The lowest BCUT2D eigenvalue weighted by Crippen LogP contribution is -2.05. The van der Waals surface area contributed by atoms with Crippen LogP contribution in [-0.2, 0) is 4.79 Å². The van der Waals surface area contributed by atoms with Gasteiger partial charge in [0.1, 0.15) is 0 Å². The van der Waals surface area contributed by atoms with Crippen molar-refractivity contribution in [3.8, 4) is 0 Å². The summed E-state index contributed by atoms with van der Waals surface area (Å²) in [6.07, 6.45) is 4.21. The van der Waals surface area contributed by atoms with Crippen molar-refractivity contribution < 1.29 is 9.90 Å². The van der Waals surface area contributed by atoms with Crippen molar-refractivity contribution >= 4 is 11.4 Å². The third kappa shape index (κ3) is 2.76. The topological polar surface area (TPSA) is 37.3 Å². The summed E-state index contributed by atoms with van der Waals surface area (Å²) < 4.78 is 0. The minimum atomic E-state index is -0.292. The monoisotopic (exact) mass is 302 g/mol. The number of hydrogen-bond acceptors (Lipinski definition) is 2. The number of carbonyl (C=O) groups is 1. The summed E-state index contributed by atoms with van der Waals surface area (Å²) in [4.78, 5) is 12.6. The Kier molecular flexibility index (Phi) is 4.24. The van der Waals surface area contributed by atoms with Crippen molar-refractivity contribution in [1.82, 2.24) is 0 Å². The molecule has 1 atom stereocenters. The summed E-state index contributed by atoms with van der Waals surface area (Å²) in [6, 6.07) is 19.4. The highest BCUT2D eigenvalue weighted by Crippen LogP contribution is 2.46. The normalized spacial score (nSPS) is 19.4. The molecule has 0 radical (unpaired) electrons. The van der Waals surface area contributed by atoms with Gasteiger partial charge in [0, 0.05) is 17.1 Å². The zero-order chi connectivity index (χ0) is 16.2. The number of Topliss-reactive ketones (excluding diaryl/α,β-unsaturated/α-hetero) is 1. The highest BCUT2D eigenvalue weighted by molar-refractivity contribution is 6.19. The first-order chi connectivity index (χ1) is 11.2. The van der Waals surface area contributed by atoms with Gasteiger partial charge < -0.3 is 5.11 Å². The molecule has 2 aromatic rings. The lowest BCUT2D eigenvalue weighted by molar-refractivity contribution is -0.114. The van der Waals surface area contributed by atoms with Crippen molar-refractivity contribution in [3.63, 3.8) is 0 Å². The van der Waals surface area contributed by atoms with E-state index >= 15 is 0 Å². The van der Waals surface area contributed by atoms with Gasteiger partial charge in [0.2, 0.25) is 5.78 Å². The molecule has 0 spiro atoms. The van der Waals surface area contributed by atoms with Crippen LogP contribution in [0.15, 0.2) is 90.7 Å². The molecule has 2 aromatic carbocycles. The van der Waals surface area contributed by atoms with E-state index in [0.29, 0.717) is 17.6 Å². The Labute approximate surface area is 136 Å². The third-order valence-corrected chi connectivity index (χ3v) is 4.05. The average molecular weight is 302 g/mol. The summed E-state index contributed by atoms with van der Waals surface area (Å²) in [7, 11) is 0. The van der Waals surface area contributed by atoms with Gasteiger partial charge in [0.25, 0.3) is 0 Å². The molecule has 1 N–H and O–H groups in total. The van der Waals surface area contributed by atoms with Gasteiger partial charge in [-0.2, -0.15) is 0 Å². The maximum atomic E-state index is 12.6. The summed E-state index contributed by atoms with van der Waals surface area (Å²) >= 11 is 0. The number of carbonyl (C=O) groups excluding carboxylic acids is 1. The van der Waals surface area contributed by atoms with E-state index in [2.05, 4.69) is 6.58 Å². The van der Waals surface area contributed by atoms with Crippen LogP contribution in [0.2, 0.25) is 0 Å². The summed E-state index contributed by atoms with van der Waals surface area (Å²) in [5, 5.41) is 10.5. The summed E-state index contributed by atoms with van der Waals surface area (Å²) in [5.74, 6) is -0.689. The number of rotatable bonds is 4. The van der Waals surface area contributed by atoms with E-state index in [1.165, 1.54) is 0 Å². The highest BCUT2D eigenvalue weighted by atomic mass is 16.3. The van der Waals surface area contributed by atoms with E-state index in [0.717, 1.165) is 11.1 Å². The molecule has 0 aliphatic heterocycles. The third-order valence-electron chi connectivity index (χ3n) is 4.05. The number of ketones is 1. The predicted molar refractivity (Wildman–Crippen MR) is 93.1 cm³/mol. The van der Waals surface area contributed by atoms with Crippen LogP contribution in [0.25, 0.3) is 5.57 Å². The smallest absolute Gasteiger partial charge is 0.224 e. The Morgan fingerprint density at radius 1 is 1.00 bits per heavy atom. The summed E-state index contributed by atoms with van der Waals surface area (Å²) in [6.45, 7) is 3.71. The second-order valence-electron chi connectivity index (χ2n) is 5.48. The first-order valence-corrected chi connectivity index (χ1v) is 7.63. The van der Waals surface area contributed by atoms with Gasteiger partial charge >= 0.3 is 0 Å². The SMILES string of the molecule is C=CC/C=C1\C(=O)C(O)=C(c2ccccc2)C1c1ccccc1. The second kappa shape index (κ2) is 6.49. The lowest BCUT2D eigenvalue weighted by Gasteiger charge is -2.17. The van der Waals surface area contributed by atoms with Crippen LogP contribution in [0.4, 0.5) is 0 Å². The molecule has 0 amide bonds. The van der Waals surface area contributed by atoms with Crippen LogP contribution in [-0.4, -0.2) is 10.9 Å². The number of aliphatic hydroxyl groups excluding tert-OH is 1. The molecule has 114 valence electrons. The Balaban J connectivity index is 2.18. The van der Waals surface area contributed by atoms with E-state index < -0.39 is 0 Å². The fourth-order valence-electron chi connectivity index (χ4n) is 3.02. The Morgan fingerprint density at radius 2 is 1.61 bits per heavy atom. The van der Waals surface area contributed by atoms with Crippen molar-refractivity contribution in [1.29, 1.82) is 0 Å². The fourth-order valence-corrected chi connectivity index (χ4v) is 3.02. The minimum absolute atomic E-state index is 0.152. The molecule has 2 heteroatoms. The molecule has 0 fully saturated rings. The van der Waals surface area contributed by atoms with Gasteiger partial charge in [-0.3, -0.25) is 4.79 Å². The Bertz CT molecular complexity index is 783. The minimum Gasteiger partial charge on any atom is -0.504 e. The number of aliphatic hydroxyl groups is 1. The van der Waals surface area contributed by atoms with E-state index in [4.69, 9.17) is 0 Å². The molecule has 3 rings (SSSR count). The van der Waals surface area contributed by atoms with Crippen LogP contribution < -0.4 is 0 Å². The van der Waals surface area contributed by atoms with E-state index in [1.54, 1.807) is 6.08 Å². The second-order valence-corrected chi connectivity index (χ2v) is 5.48. The zero-order valence-electron chi connectivity index (χ0n) is 12.8. The quantitative estimate of drug-likeness (QED) is 0.649. The van der Waals surface area contributed by atoms with Gasteiger partial charge in [-0.25, -0.2) is 0 Å². The molecule has 0 heterocycles. The van der Waals surface area contributed by atoms with Gasteiger partial charge in [0.05, 0.1) is 0 Å². The first kappa shape index (κ1) is 15.0. The molecule has 0 bridgehead atoms. The van der Waals surface area contributed by atoms with Crippen LogP contribution in [0, 0.1) is 0 Å². The Hall–Kier alpha value is -2.87. The molecule has 0 saturated carbocycles. The Morgan fingerprint density at radius 3 is 2.22 bits per heavy atom. The van der Waals surface area contributed by atoms with Gasteiger partial charge in [0.15, 0.2) is 5.76 Å².